The predicted octanol–water partition coefficient (Wildman–Crippen LogP) is 4.05. The fraction of sp³-hybridized carbons (Fsp3) is 0.222. The number of ether oxygens (including phenoxy) is 3. The first kappa shape index (κ1) is 15.1. The van der Waals surface area contributed by atoms with Gasteiger partial charge in [0.2, 0.25) is 0 Å². The van der Waals surface area contributed by atoms with Crippen LogP contribution in [0.1, 0.15) is 16.7 Å². The highest BCUT2D eigenvalue weighted by atomic mass is 16.7. The lowest BCUT2D eigenvalue weighted by Gasteiger charge is -2.15. The van der Waals surface area contributed by atoms with Crippen molar-refractivity contribution in [2.45, 2.75) is 6.92 Å². The molecular weight excluding hydrogens is 264 g/mol. The number of para-hydroxylation sites is 1. The number of hydrogen-bond acceptors (Lipinski definition) is 3. The van der Waals surface area contributed by atoms with Crippen molar-refractivity contribution in [3.63, 3.8) is 0 Å². The van der Waals surface area contributed by atoms with Crippen molar-refractivity contribution in [1.29, 1.82) is 0 Å². The largest absolute Gasteiger partial charge is 0.496 e. The summed E-state index contributed by atoms with van der Waals surface area (Å²) in [6, 6.07) is 13.8. The van der Waals surface area contributed by atoms with Gasteiger partial charge in [-0.25, -0.2) is 0 Å². The quantitative estimate of drug-likeness (QED) is 0.749. The van der Waals surface area contributed by atoms with Crippen molar-refractivity contribution in [2.24, 2.45) is 0 Å². The summed E-state index contributed by atoms with van der Waals surface area (Å²) >= 11 is 0. The summed E-state index contributed by atoms with van der Waals surface area (Å²) in [7, 11) is 3.26. The number of methoxy groups -OCH3 is 2. The van der Waals surface area contributed by atoms with Crippen LogP contribution in [0.5, 0.6) is 11.5 Å². The Morgan fingerprint density at radius 2 is 1.71 bits per heavy atom. The van der Waals surface area contributed by atoms with E-state index in [4.69, 9.17) is 14.2 Å². The van der Waals surface area contributed by atoms with E-state index in [0.717, 1.165) is 33.8 Å². The van der Waals surface area contributed by atoms with Crippen LogP contribution in [0, 0.1) is 6.92 Å². The molecule has 21 heavy (non-hydrogen) atoms. The van der Waals surface area contributed by atoms with E-state index < -0.39 is 0 Å². The molecule has 0 fully saturated rings. The average molecular weight is 284 g/mol. The third-order valence-corrected chi connectivity index (χ3v) is 3.23. The minimum absolute atomic E-state index is 0.204. The van der Waals surface area contributed by atoms with Crippen molar-refractivity contribution in [3.8, 4) is 11.5 Å². The average Bonchev–Trinajstić information content (AvgIpc) is 2.52. The van der Waals surface area contributed by atoms with Crippen LogP contribution < -0.4 is 9.47 Å². The molecule has 0 heterocycles. The van der Waals surface area contributed by atoms with E-state index in [2.05, 4.69) is 6.58 Å². The third-order valence-electron chi connectivity index (χ3n) is 3.23. The van der Waals surface area contributed by atoms with Gasteiger partial charge in [-0.1, -0.05) is 36.9 Å². The molecule has 0 aromatic heterocycles. The van der Waals surface area contributed by atoms with Crippen LogP contribution in [0.25, 0.3) is 5.57 Å². The lowest BCUT2D eigenvalue weighted by molar-refractivity contribution is 0.0509. The molecule has 0 unspecified atom stereocenters. The monoisotopic (exact) mass is 284 g/mol. The number of hydrogen-bond donors (Lipinski definition) is 0. The van der Waals surface area contributed by atoms with Crippen LogP contribution in [0.15, 0.2) is 49.0 Å². The van der Waals surface area contributed by atoms with E-state index in [9.17, 15) is 0 Å². The fourth-order valence-corrected chi connectivity index (χ4v) is 2.16. The molecule has 0 N–H and O–H groups in total. The summed E-state index contributed by atoms with van der Waals surface area (Å²) in [5.41, 5.74) is 3.89. The first-order valence-electron chi connectivity index (χ1n) is 6.72. The van der Waals surface area contributed by atoms with Crippen LogP contribution in [0.4, 0.5) is 0 Å². The summed E-state index contributed by atoms with van der Waals surface area (Å²) in [4.78, 5) is 0. The highest BCUT2D eigenvalue weighted by molar-refractivity contribution is 5.84. The van der Waals surface area contributed by atoms with Crippen molar-refractivity contribution < 1.29 is 14.2 Å². The topological polar surface area (TPSA) is 27.7 Å². The SMILES string of the molecule is C=C(c1ccc(C)cc1OC)c1ccccc1OCOC. The molecule has 0 aliphatic carbocycles. The molecule has 0 bridgehead atoms. The van der Waals surface area contributed by atoms with E-state index >= 15 is 0 Å². The van der Waals surface area contributed by atoms with Gasteiger partial charge in [-0.3, -0.25) is 0 Å². The van der Waals surface area contributed by atoms with Crippen molar-refractivity contribution in [1.82, 2.24) is 0 Å². The highest BCUT2D eigenvalue weighted by Gasteiger charge is 2.13. The lowest BCUT2D eigenvalue weighted by Crippen LogP contribution is -2.02. The van der Waals surface area contributed by atoms with E-state index in [1.165, 1.54) is 0 Å². The standard InChI is InChI=1S/C18H20O3/c1-13-9-10-16(18(11-13)20-4)14(2)15-7-5-6-8-17(15)21-12-19-3/h5-11H,2,12H2,1,3-4H3. The maximum absolute atomic E-state index is 5.60. The lowest BCUT2D eigenvalue weighted by atomic mass is 9.97. The zero-order valence-electron chi connectivity index (χ0n) is 12.7. The second-order valence-electron chi connectivity index (χ2n) is 4.73. The van der Waals surface area contributed by atoms with Crippen LogP contribution >= 0.6 is 0 Å². The summed E-state index contributed by atoms with van der Waals surface area (Å²) < 4.78 is 16.0. The van der Waals surface area contributed by atoms with Crippen molar-refractivity contribution >= 4 is 5.57 Å². The Bertz CT molecular complexity index is 632. The maximum atomic E-state index is 5.60. The van der Waals surface area contributed by atoms with Gasteiger partial charge >= 0.3 is 0 Å². The van der Waals surface area contributed by atoms with Crippen LogP contribution in [0.3, 0.4) is 0 Å². The molecule has 0 saturated heterocycles. The first-order chi connectivity index (χ1) is 10.2. The molecule has 0 aliphatic heterocycles. The van der Waals surface area contributed by atoms with Gasteiger partial charge in [0.15, 0.2) is 6.79 Å². The van der Waals surface area contributed by atoms with Gasteiger partial charge in [0.1, 0.15) is 11.5 Å². The smallest absolute Gasteiger partial charge is 0.188 e. The second-order valence-corrected chi connectivity index (χ2v) is 4.73. The Morgan fingerprint density at radius 1 is 1.00 bits per heavy atom. The van der Waals surface area contributed by atoms with Crippen molar-refractivity contribution in [3.05, 3.63) is 65.7 Å². The van der Waals surface area contributed by atoms with Gasteiger partial charge in [-0.2, -0.15) is 0 Å². The molecule has 0 aliphatic rings. The molecule has 2 aromatic carbocycles. The molecule has 0 atom stereocenters. The highest BCUT2D eigenvalue weighted by Crippen LogP contribution is 2.34. The zero-order chi connectivity index (χ0) is 15.2. The fourth-order valence-electron chi connectivity index (χ4n) is 2.16. The Labute approximate surface area is 125 Å². The van der Waals surface area contributed by atoms with Gasteiger partial charge in [0.05, 0.1) is 7.11 Å². The Kier molecular flexibility index (Phi) is 5.01. The molecular formula is C18H20O3. The normalized spacial score (nSPS) is 10.2. The Hall–Kier alpha value is -2.26. The zero-order valence-corrected chi connectivity index (χ0v) is 12.7. The molecule has 0 amide bonds. The summed E-state index contributed by atoms with van der Waals surface area (Å²) in [6.45, 7) is 6.44. The summed E-state index contributed by atoms with van der Waals surface area (Å²) in [5.74, 6) is 1.55. The molecule has 0 radical (unpaired) electrons. The predicted molar refractivity (Wildman–Crippen MR) is 84.8 cm³/mol. The van der Waals surface area contributed by atoms with Gasteiger partial charge < -0.3 is 14.2 Å². The Balaban J connectivity index is 2.40. The Morgan fingerprint density at radius 3 is 2.43 bits per heavy atom. The molecule has 0 saturated carbocycles. The minimum Gasteiger partial charge on any atom is -0.496 e. The van der Waals surface area contributed by atoms with E-state index in [-0.39, 0.29) is 6.79 Å². The molecule has 2 aromatic rings. The molecule has 110 valence electrons. The molecule has 3 nitrogen and oxygen atoms in total. The number of benzene rings is 2. The molecule has 3 heteroatoms. The van der Waals surface area contributed by atoms with Gasteiger partial charge in [-0.15, -0.1) is 0 Å². The van der Waals surface area contributed by atoms with Crippen LogP contribution in [-0.4, -0.2) is 21.0 Å². The number of rotatable bonds is 6. The minimum atomic E-state index is 0.204. The maximum Gasteiger partial charge on any atom is 0.188 e. The second kappa shape index (κ2) is 6.95. The van der Waals surface area contributed by atoms with Crippen LogP contribution in [-0.2, 0) is 4.74 Å². The van der Waals surface area contributed by atoms with Gasteiger partial charge in [0.25, 0.3) is 0 Å². The number of aryl methyl sites for hydroxylation is 1. The first-order valence-corrected chi connectivity index (χ1v) is 6.72. The van der Waals surface area contributed by atoms with E-state index in [0.29, 0.717) is 0 Å². The van der Waals surface area contributed by atoms with Gasteiger partial charge in [0, 0.05) is 18.2 Å². The van der Waals surface area contributed by atoms with Gasteiger partial charge in [-0.05, 0) is 30.2 Å². The summed E-state index contributed by atoms with van der Waals surface area (Å²) in [5, 5.41) is 0. The molecule has 2 rings (SSSR count). The third kappa shape index (κ3) is 3.44. The summed E-state index contributed by atoms with van der Waals surface area (Å²) in [6.07, 6.45) is 0. The van der Waals surface area contributed by atoms with E-state index in [1.807, 2.05) is 49.4 Å². The molecule has 0 spiro atoms. The van der Waals surface area contributed by atoms with Crippen molar-refractivity contribution in [2.75, 3.05) is 21.0 Å². The van der Waals surface area contributed by atoms with E-state index in [1.54, 1.807) is 14.2 Å². The van der Waals surface area contributed by atoms with Crippen LogP contribution in [0.2, 0.25) is 0 Å².